The highest BCUT2D eigenvalue weighted by atomic mass is 35.7. The largest absolute Gasteiger partial charge is 0.496 e. The van der Waals surface area contributed by atoms with Crippen LogP contribution in [-0.4, -0.2) is 34.1 Å². The minimum absolute atomic E-state index is 0.0241. The van der Waals surface area contributed by atoms with E-state index in [9.17, 15) is 13.2 Å². The summed E-state index contributed by atoms with van der Waals surface area (Å²) in [6, 6.07) is 2.50. The van der Waals surface area contributed by atoms with Crippen LogP contribution in [0.3, 0.4) is 0 Å². The van der Waals surface area contributed by atoms with Gasteiger partial charge in [-0.15, -0.1) is 0 Å². The summed E-state index contributed by atoms with van der Waals surface area (Å²) in [5.74, 6) is -0.162. The normalized spacial score (nSPS) is 16.2. The van der Waals surface area contributed by atoms with Crippen LogP contribution in [0.15, 0.2) is 17.0 Å². The Morgan fingerprint density at radius 3 is 2.24 bits per heavy atom. The summed E-state index contributed by atoms with van der Waals surface area (Å²) >= 11 is 0. The first kappa shape index (κ1) is 15.9. The van der Waals surface area contributed by atoms with Gasteiger partial charge in [0, 0.05) is 22.3 Å². The molecule has 6 nitrogen and oxygen atoms in total. The van der Waals surface area contributed by atoms with Crippen molar-refractivity contribution in [3.05, 3.63) is 17.7 Å². The van der Waals surface area contributed by atoms with Crippen molar-refractivity contribution in [2.24, 2.45) is 0 Å². The molecule has 0 saturated heterocycles. The van der Waals surface area contributed by atoms with E-state index in [1.165, 1.54) is 26.4 Å². The third-order valence-electron chi connectivity index (χ3n) is 3.41. The van der Waals surface area contributed by atoms with Crippen LogP contribution in [0, 0.1) is 0 Å². The van der Waals surface area contributed by atoms with E-state index in [0.717, 1.165) is 12.8 Å². The fraction of sp³-hybridized carbons (Fsp3) is 0.462. The Morgan fingerprint density at radius 2 is 1.81 bits per heavy atom. The van der Waals surface area contributed by atoms with Crippen LogP contribution < -0.4 is 14.8 Å². The molecule has 1 aliphatic carbocycles. The van der Waals surface area contributed by atoms with Crippen molar-refractivity contribution in [1.29, 1.82) is 0 Å². The number of benzene rings is 1. The average molecular weight is 334 g/mol. The molecule has 116 valence electrons. The summed E-state index contributed by atoms with van der Waals surface area (Å²) in [7, 11) is 4.04. The van der Waals surface area contributed by atoms with Gasteiger partial charge in [-0.2, -0.15) is 0 Å². The maximum absolute atomic E-state index is 12.3. The molecule has 8 heteroatoms. The topological polar surface area (TPSA) is 81.7 Å². The molecule has 0 aliphatic heterocycles. The van der Waals surface area contributed by atoms with Crippen LogP contribution in [-0.2, 0) is 9.05 Å². The van der Waals surface area contributed by atoms with E-state index in [4.69, 9.17) is 20.2 Å². The average Bonchev–Trinajstić information content (AvgIpc) is 3.13. The van der Waals surface area contributed by atoms with Gasteiger partial charge >= 0.3 is 0 Å². The first-order valence-electron chi connectivity index (χ1n) is 6.23. The Hall–Kier alpha value is -1.47. The van der Waals surface area contributed by atoms with Crippen LogP contribution in [0.2, 0.25) is 0 Å². The molecule has 1 fully saturated rings. The molecule has 1 saturated carbocycles. The number of ether oxygens (including phenoxy) is 2. The Bertz CT molecular complexity index is 682. The first-order valence-corrected chi connectivity index (χ1v) is 8.54. The van der Waals surface area contributed by atoms with Crippen molar-refractivity contribution in [2.45, 2.75) is 30.2 Å². The second kappa shape index (κ2) is 5.38. The van der Waals surface area contributed by atoms with Gasteiger partial charge in [0.1, 0.15) is 16.4 Å². The van der Waals surface area contributed by atoms with Crippen LogP contribution in [0.25, 0.3) is 0 Å². The van der Waals surface area contributed by atoms with Crippen molar-refractivity contribution in [3.63, 3.8) is 0 Å². The molecule has 0 unspecified atom stereocenters. The summed E-state index contributed by atoms with van der Waals surface area (Å²) < 4.78 is 33.3. The molecule has 1 aromatic rings. The van der Waals surface area contributed by atoms with Crippen molar-refractivity contribution < 1.29 is 22.7 Å². The van der Waals surface area contributed by atoms with E-state index in [-0.39, 0.29) is 27.5 Å². The van der Waals surface area contributed by atoms with Gasteiger partial charge in [0.15, 0.2) is 0 Å². The van der Waals surface area contributed by atoms with Crippen LogP contribution in [0.4, 0.5) is 0 Å². The standard InChI is InChI=1S/C13H16ClNO5S/c1-13(4-5-13)15-12(16)8-6-11(21(14,17)18)10(20-3)7-9(8)19-2/h6-7H,4-5H2,1-3H3,(H,15,16). The predicted molar refractivity (Wildman–Crippen MR) is 77.7 cm³/mol. The lowest BCUT2D eigenvalue weighted by Gasteiger charge is -2.16. The van der Waals surface area contributed by atoms with E-state index in [0.29, 0.717) is 0 Å². The van der Waals surface area contributed by atoms with Crippen molar-refractivity contribution in [2.75, 3.05) is 14.2 Å². The SMILES string of the molecule is COc1cc(OC)c(S(=O)(=O)Cl)cc1C(=O)NC1(C)CC1. The number of hydrogen-bond acceptors (Lipinski definition) is 5. The van der Waals surface area contributed by atoms with Crippen molar-refractivity contribution >= 4 is 25.6 Å². The smallest absolute Gasteiger partial charge is 0.265 e. The molecule has 0 heterocycles. The fourth-order valence-corrected chi connectivity index (χ4v) is 2.89. The number of halogens is 1. The highest BCUT2D eigenvalue weighted by Crippen LogP contribution is 2.37. The fourth-order valence-electron chi connectivity index (χ4n) is 1.89. The third kappa shape index (κ3) is 3.41. The Labute approximate surface area is 127 Å². The predicted octanol–water partition coefficient (Wildman–Crippen LogP) is 1.91. The lowest BCUT2D eigenvalue weighted by Crippen LogP contribution is -2.34. The summed E-state index contributed by atoms with van der Waals surface area (Å²) in [5.41, 5.74) is -0.132. The zero-order valence-corrected chi connectivity index (χ0v) is 13.5. The minimum Gasteiger partial charge on any atom is -0.496 e. The number of nitrogens with one attached hydrogen (secondary N) is 1. The lowest BCUT2D eigenvalue weighted by molar-refractivity contribution is 0.0932. The highest BCUT2D eigenvalue weighted by Gasteiger charge is 2.39. The zero-order chi connectivity index (χ0) is 15.8. The monoisotopic (exact) mass is 333 g/mol. The van der Waals surface area contributed by atoms with Crippen LogP contribution in [0.5, 0.6) is 11.5 Å². The van der Waals surface area contributed by atoms with E-state index >= 15 is 0 Å². The Kier molecular flexibility index (Phi) is 4.08. The Morgan fingerprint density at radius 1 is 1.24 bits per heavy atom. The van der Waals surface area contributed by atoms with Gasteiger partial charge in [0.05, 0.1) is 19.8 Å². The van der Waals surface area contributed by atoms with Crippen molar-refractivity contribution in [1.82, 2.24) is 5.32 Å². The van der Waals surface area contributed by atoms with Crippen molar-refractivity contribution in [3.8, 4) is 11.5 Å². The summed E-state index contributed by atoms with van der Waals surface area (Å²) in [4.78, 5) is 12.0. The number of hydrogen-bond donors (Lipinski definition) is 1. The molecule has 1 amide bonds. The second-order valence-corrected chi connectivity index (χ2v) is 7.69. The van der Waals surface area contributed by atoms with E-state index in [2.05, 4.69) is 5.32 Å². The quantitative estimate of drug-likeness (QED) is 0.832. The molecular formula is C13H16ClNO5S. The molecule has 2 rings (SSSR count). The number of carbonyl (C=O) groups excluding carboxylic acids is 1. The van der Waals surface area contributed by atoms with Gasteiger partial charge < -0.3 is 14.8 Å². The van der Waals surface area contributed by atoms with E-state index < -0.39 is 15.0 Å². The van der Waals surface area contributed by atoms with Crippen LogP contribution >= 0.6 is 10.7 Å². The number of rotatable bonds is 5. The minimum atomic E-state index is -4.04. The summed E-state index contributed by atoms with van der Waals surface area (Å²) in [5, 5.41) is 2.84. The molecule has 0 radical (unpaired) electrons. The lowest BCUT2D eigenvalue weighted by atomic mass is 10.1. The molecule has 0 aromatic heterocycles. The van der Waals surface area contributed by atoms with Gasteiger partial charge in [-0.1, -0.05) is 0 Å². The molecule has 21 heavy (non-hydrogen) atoms. The summed E-state index contributed by atoms with van der Waals surface area (Å²) in [6.45, 7) is 1.92. The van der Waals surface area contributed by atoms with E-state index in [1.807, 2.05) is 6.92 Å². The molecule has 0 spiro atoms. The van der Waals surface area contributed by atoms with Crippen LogP contribution in [0.1, 0.15) is 30.1 Å². The summed E-state index contributed by atoms with van der Waals surface area (Å²) in [6.07, 6.45) is 1.77. The molecule has 1 N–H and O–H groups in total. The molecular weight excluding hydrogens is 318 g/mol. The van der Waals surface area contributed by atoms with Gasteiger partial charge in [-0.05, 0) is 25.8 Å². The molecule has 1 aliphatic rings. The third-order valence-corrected chi connectivity index (χ3v) is 4.75. The maximum atomic E-state index is 12.3. The number of methoxy groups -OCH3 is 2. The maximum Gasteiger partial charge on any atom is 0.265 e. The van der Waals surface area contributed by atoms with Gasteiger partial charge in [0.2, 0.25) is 0 Å². The number of carbonyl (C=O) groups is 1. The zero-order valence-electron chi connectivity index (χ0n) is 11.9. The molecule has 0 bridgehead atoms. The van der Waals surface area contributed by atoms with Gasteiger partial charge in [0.25, 0.3) is 15.0 Å². The van der Waals surface area contributed by atoms with Gasteiger partial charge in [-0.25, -0.2) is 8.42 Å². The molecule has 1 aromatic carbocycles. The highest BCUT2D eigenvalue weighted by molar-refractivity contribution is 8.13. The van der Waals surface area contributed by atoms with Gasteiger partial charge in [-0.3, -0.25) is 4.79 Å². The Balaban J connectivity index is 2.50. The molecule has 0 atom stereocenters. The first-order chi connectivity index (χ1) is 9.70. The second-order valence-electron chi connectivity index (χ2n) is 5.16. The van der Waals surface area contributed by atoms with E-state index in [1.54, 1.807) is 0 Å². The number of amides is 1.